The lowest BCUT2D eigenvalue weighted by Gasteiger charge is -2.34. The SMILES string of the molecule is COc1ccc(-c2cnc(N3CCC(NCc4ccc(/C=C/C(=O)NO)cc4)CC3)c(C#N)c2-c2ccc(C#N)cc2F)cc1O.O=CO. The quantitative estimate of drug-likeness (QED) is 0.0701. The number of aromatic nitrogens is 1. The Balaban J connectivity index is 0.00000174. The monoisotopic (exact) mass is 664 g/mol. The number of carbonyl (C=O) groups is 2. The molecule has 0 saturated carbocycles. The van der Waals surface area contributed by atoms with Crippen LogP contribution in [0.4, 0.5) is 10.2 Å². The van der Waals surface area contributed by atoms with E-state index in [0.717, 1.165) is 30.0 Å². The largest absolute Gasteiger partial charge is 0.504 e. The Morgan fingerprint density at radius 3 is 2.39 bits per heavy atom. The van der Waals surface area contributed by atoms with Gasteiger partial charge >= 0.3 is 0 Å². The van der Waals surface area contributed by atoms with Gasteiger partial charge in [0, 0.05) is 54.6 Å². The topological polar surface area (TPSA) is 192 Å². The Kier molecular flexibility index (Phi) is 12.4. The van der Waals surface area contributed by atoms with Crippen LogP contribution < -0.4 is 20.4 Å². The highest BCUT2D eigenvalue weighted by Gasteiger charge is 2.27. The van der Waals surface area contributed by atoms with Gasteiger partial charge in [-0.25, -0.2) is 14.9 Å². The number of carboxylic acid groups (broad SMARTS) is 1. The number of hydroxylamine groups is 1. The Morgan fingerprint density at radius 1 is 1.08 bits per heavy atom. The second-order valence-electron chi connectivity index (χ2n) is 10.8. The lowest BCUT2D eigenvalue weighted by atomic mass is 9.91. The van der Waals surface area contributed by atoms with Crippen molar-refractivity contribution in [3.05, 3.63) is 101 Å². The fourth-order valence-electron chi connectivity index (χ4n) is 5.50. The summed E-state index contributed by atoms with van der Waals surface area (Å²) in [5.41, 5.74) is 5.29. The number of aromatic hydroxyl groups is 1. The molecule has 1 aromatic heterocycles. The molecule has 250 valence electrons. The van der Waals surface area contributed by atoms with Gasteiger partial charge in [0.2, 0.25) is 0 Å². The number of amides is 1. The highest BCUT2D eigenvalue weighted by molar-refractivity contribution is 5.91. The Morgan fingerprint density at radius 2 is 1.80 bits per heavy atom. The molecule has 13 heteroatoms. The highest BCUT2D eigenvalue weighted by atomic mass is 19.1. The van der Waals surface area contributed by atoms with Crippen LogP contribution in [0, 0.1) is 28.5 Å². The first-order valence-corrected chi connectivity index (χ1v) is 15.0. The molecule has 1 aliphatic heterocycles. The number of phenols is 1. The molecule has 5 N–H and O–H groups in total. The maximum absolute atomic E-state index is 15.5. The van der Waals surface area contributed by atoms with E-state index in [0.29, 0.717) is 42.1 Å². The van der Waals surface area contributed by atoms with Gasteiger partial charge in [0.05, 0.1) is 18.7 Å². The van der Waals surface area contributed by atoms with Gasteiger partial charge in [0.1, 0.15) is 23.3 Å². The van der Waals surface area contributed by atoms with Crippen molar-refractivity contribution in [3.63, 3.8) is 0 Å². The zero-order valence-corrected chi connectivity index (χ0v) is 26.4. The standard InChI is InChI=1S/C35H31FN6O4.CH2O2/c1-46-32-10-8-25(17-31(32)43)29-21-40-35(28(19-38)34(29)27-9-6-24(18-37)16-30(27)36)42-14-12-26(13-15-42)39-20-23-4-2-22(3-5-23)7-11-33(44)41-45;2-1-3/h2-11,16-17,21,26,39,43,45H,12-15,20H2,1H3,(H,41,44);1H,(H,2,3)/b11-7+;. The maximum Gasteiger partial charge on any atom is 0.290 e. The summed E-state index contributed by atoms with van der Waals surface area (Å²) >= 11 is 0. The molecule has 1 fully saturated rings. The van der Waals surface area contributed by atoms with Gasteiger partial charge in [-0.05, 0) is 59.9 Å². The molecule has 3 aromatic carbocycles. The number of pyridine rings is 1. The van der Waals surface area contributed by atoms with E-state index < -0.39 is 11.7 Å². The second kappa shape index (κ2) is 17.0. The van der Waals surface area contributed by atoms with Crippen molar-refractivity contribution in [1.29, 1.82) is 10.5 Å². The van der Waals surface area contributed by atoms with E-state index >= 15 is 4.39 Å². The summed E-state index contributed by atoms with van der Waals surface area (Å²) in [6.45, 7) is 1.64. The summed E-state index contributed by atoms with van der Waals surface area (Å²) in [4.78, 5) is 26.3. The predicted molar refractivity (Wildman–Crippen MR) is 179 cm³/mol. The summed E-state index contributed by atoms with van der Waals surface area (Å²) in [6.07, 6.45) is 6.02. The van der Waals surface area contributed by atoms with Crippen molar-refractivity contribution < 1.29 is 34.1 Å². The zero-order valence-electron chi connectivity index (χ0n) is 26.4. The molecule has 0 aliphatic carbocycles. The molecule has 1 saturated heterocycles. The lowest BCUT2D eigenvalue weighted by molar-refractivity contribution is -0.124. The van der Waals surface area contributed by atoms with E-state index in [9.17, 15) is 20.4 Å². The number of carbonyl (C=O) groups excluding carboxylic acids is 1. The van der Waals surface area contributed by atoms with Crippen LogP contribution in [0.2, 0.25) is 0 Å². The fraction of sp³-hybridized carbons (Fsp3) is 0.194. The summed E-state index contributed by atoms with van der Waals surface area (Å²) < 4.78 is 20.7. The number of hydrogen-bond donors (Lipinski definition) is 5. The molecule has 0 spiro atoms. The molecule has 2 heterocycles. The van der Waals surface area contributed by atoms with Gasteiger partial charge in [0.25, 0.3) is 12.4 Å². The van der Waals surface area contributed by atoms with Crippen LogP contribution in [0.5, 0.6) is 11.5 Å². The average molecular weight is 665 g/mol. The summed E-state index contributed by atoms with van der Waals surface area (Å²) in [5, 5.41) is 49.3. The molecule has 0 radical (unpaired) electrons. The first kappa shape index (κ1) is 35.6. The van der Waals surface area contributed by atoms with Crippen molar-refractivity contribution in [2.24, 2.45) is 0 Å². The average Bonchev–Trinajstić information content (AvgIpc) is 3.13. The number of ether oxygens (including phenoxy) is 1. The van der Waals surface area contributed by atoms with E-state index in [2.05, 4.69) is 16.4 Å². The normalized spacial score (nSPS) is 12.7. The van der Waals surface area contributed by atoms with E-state index in [1.807, 2.05) is 35.2 Å². The minimum absolute atomic E-state index is 0.108. The number of halogens is 1. The molecule has 12 nitrogen and oxygen atoms in total. The number of hydrogen-bond acceptors (Lipinski definition) is 10. The predicted octanol–water partition coefficient (Wildman–Crippen LogP) is 4.99. The molecule has 49 heavy (non-hydrogen) atoms. The summed E-state index contributed by atoms with van der Waals surface area (Å²) in [6, 6.07) is 21.1. The minimum atomic E-state index is -0.644. The molecule has 1 amide bonds. The van der Waals surface area contributed by atoms with Gasteiger partial charge in [-0.3, -0.25) is 14.8 Å². The Labute approximate surface area is 281 Å². The number of benzene rings is 3. The number of nitrogens with one attached hydrogen (secondary N) is 2. The van der Waals surface area contributed by atoms with Crippen LogP contribution in [-0.2, 0) is 16.1 Å². The number of piperidine rings is 1. The second-order valence-corrected chi connectivity index (χ2v) is 10.8. The molecule has 4 aromatic rings. The molecule has 0 atom stereocenters. The molecule has 1 aliphatic rings. The van der Waals surface area contributed by atoms with Crippen LogP contribution in [0.25, 0.3) is 28.3 Å². The van der Waals surface area contributed by atoms with Crippen molar-refractivity contribution in [3.8, 4) is 45.9 Å². The third-order valence-electron chi connectivity index (χ3n) is 7.93. The smallest absolute Gasteiger partial charge is 0.290 e. The summed E-state index contributed by atoms with van der Waals surface area (Å²) in [7, 11) is 1.44. The number of phenolic OH excluding ortho intramolecular Hbond substituents is 1. The van der Waals surface area contributed by atoms with Gasteiger partial charge < -0.3 is 25.2 Å². The van der Waals surface area contributed by atoms with Crippen LogP contribution in [0.3, 0.4) is 0 Å². The van der Waals surface area contributed by atoms with Gasteiger partial charge in [-0.1, -0.05) is 36.4 Å². The van der Waals surface area contributed by atoms with Crippen LogP contribution in [0.1, 0.15) is 35.1 Å². The molecule has 5 rings (SSSR count). The number of rotatable bonds is 9. The van der Waals surface area contributed by atoms with Crippen molar-refractivity contribution in [2.45, 2.75) is 25.4 Å². The third-order valence-corrected chi connectivity index (χ3v) is 7.93. The van der Waals surface area contributed by atoms with Gasteiger partial charge in [-0.2, -0.15) is 10.5 Å². The zero-order chi connectivity index (χ0) is 35.3. The van der Waals surface area contributed by atoms with Crippen molar-refractivity contribution in [2.75, 3.05) is 25.1 Å². The van der Waals surface area contributed by atoms with Crippen molar-refractivity contribution >= 4 is 24.3 Å². The Hall–Kier alpha value is -6.28. The van der Waals surface area contributed by atoms with Gasteiger partial charge in [-0.15, -0.1) is 0 Å². The molecular formula is C36H33FN6O6. The number of methoxy groups -OCH3 is 1. The van der Waals surface area contributed by atoms with Gasteiger partial charge in [0.15, 0.2) is 11.5 Å². The first-order valence-electron chi connectivity index (χ1n) is 15.0. The maximum atomic E-state index is 15.5. The van der Waals surface area contributed by atoms with E-state index in [1.54, 1.807) is 29.9 Å². The number of nitriles is 2. The van der Waals surface area contributed by atoms with Crippen LogP contribution in [0.15, 0.2) is 72.9 Å². The van der Waals surface area contributed by atoms with Crippen molar-refractivity contribution in [1.82, 2.24) is 15.8 Å². The summed E-state index contributed by atoms with van der Waals surface area (Å²) in [5.74, 6) is -0.632. The van der Waals surface area contributed by atoms with E-state index in [-0.39, 0.29) is 40.7 Å². The first-order chi connectivity index (χ1) is 23.8. The molecular weight excluding hydrogens is 631 g/mol. The lowest BCUT2D eigenvalue weighted by Crippen LogP contribution is -2.42. The fourth-order valence-corrected chi connectivity index (χ4v) is 5.50. The van der Waals surface area contributed by atoms with Crippen LogP contribution in [-0.4, -0.2) is 59.0 Å². The minimum Gasteiger partial charge on any atom is -0.504 e. The van der Waals surface area contributed by atoms with E-state index in [1.165, 1.54) is 31.4 Å². The Bertz CT molecular complexity index is 1910. The molecule has 0 bridgehead atoms. The number of anilines is 1. The highest BCUT2D eigenvalue weighted by Crippen LogP contribution is 2.42. The van der Waals surface area contributed by atoms with E-state index in [4.69, 9.17) is 19.8 Å². The number of nitrogens with zero attached hydrogens (tertiary/aromatic N) is 4. The van der Waals surface area contributed by atoms with Crippen LogP contribution >= 0.6 is 0 Å². The molecule has 0 unspecified atom stereocenters. The third kappa shape index (κ3) is 8.75.